The number of rotatable bonds is 33. The number of carbonyl (C=O) groups is 2. The number of carbonyl (C=O) groups excluding carboxylic acids is 2. The van der Waals surface area contributed by atoms with Crippen molar-refractivity contribution in [3.63, 3.8) is 0 Å². The zero-order chi connectivity index (χ0) is 43.0. The number of ether oxygens (including phenoxy) is 4. The van der Waals surface area contributed by atoms with Crippen LogP contribution in [0.4, 0.5) is 0 Å². The van der Waals surface area contributed by atoms with Crippen LogP contribution in [0, 0.1) is 0 Å². The van der Waals surface area contributed by atoms with Gasteiger partial charge in [0.1, 0.15) is 31.0 Å². The summed E-state index contributed by atoms with van der Waals surface area (Å²) in [6, 6.07) is 0. The third-order valence-corrected chi connectivity index (χ3v) is 8.84. The Hall–Kier alpha value is -3.90. The quantitative estimate of drug-likeness (QED) is 0.0287. The normalized spacial score (nSPS) is 21.2. The van der Waals surface area contributed by atoms with E-state index in [9.17, 15) is 30.0 Å². The van der Waals surface area contributed by atoms with Gasteiger partial charge in [-0.2, -0.15) is 0 Å². The van der Waals surface area contributed by atoms with Crippen LogP contribution in [0.25, 0.3) is 0 Å². The molecule has 0 unspecified atom stereocenters. The Morgan fingerprint density at radius 2 is 0.915 bits per heavy atom. The number of aliphatic hydroxyl groups excluding tert-OH is 4. The molecule has 0 radical (unpaired) electrons. The molecule has 1 rings (SSSR count). The Bertz CT molecular complexity index is 1370. The van der Waals surface area contributed by atoms with Crippen molar-refractivity contribution in [3.8, 4) is 0 Å². The van der Waals surface area contributed by atoms with E-state index in [0.717, 1.165) is 64.2 Å². The molecule has 0 aromatic carbocycles. The zero-order valence-electron chi connectivity index (χ0n) is 35.7. The third kappa shape index (κ3) is 29.9. The molecule has 1 aliphatic rings. The van der Waals surface area contributed by atoms with E-state index in [1.807, 2.05) is 12.2 Å². The summed E-state index contributed by atoms with van der Waals surface area (Å²) in [5.41, 5.74) is 0. The molecule has 0 aromatic rings. The van der Waals surface area contributed by atoms with Crippen LogP contribution in [0.1, 0.15) is 117 Å². The second-order valence-electron chi connectivity index (χ2n) is 14.0. The van der Waals surface area contributed by atoms with Gasteiger partial charge in [0.25, 0.3) is 0 Å². The molecular weight excluding hydrogens is 749 g/mol. The summed E-state index contributed by atoms with van der Waals surface area (Å²) < 4.78 is 22.0. The van der Waals surface area contributed by atoms with Crippen LogP contribution in [0.2, 0.25) is 0 Å². The fraction of sp³-hybridized carbons (Fsp3) is 0.551. The van der Waals surface area contributed by atoms with Crippen molar-refractivity contribution in [1.82, 2.24) is 0 Å². The smallest absolute Gasteiger partial charge is 0.306 e. The molecule has 1 aliphatic heterocycles. The topological polar surface area (TPSA) is 152 Å². The Morgan fingerprint density at radius 1 is 0.525 bits per heavy atom. The van der Waals surface area contributed by atoms with Crippen molar-refractivity contribution in [1.29, 1.82) is 0 Å². The molecule has 0 amide bonds. The first-order chi connectivity index (χ1) is 28.8. The number of hydrogen-bond donors (Lipinski definition) is 4. The van der Waals surface area contributed by atoms with Crippen LogP contribution in [0.5, 0.6) is 0 Å². The molecule has 0 bridgehead atoms. The minimum absolute atomic E-state index is 0.131. The Balaban J connectivity index is 2.45. The van der Waals surface area contributed by atoms with Gasteiger partial charge in [0.15, 0.2) is 12.4 Å². The summed E-state index contributed by atoms with van der Waals surface area (Å²) in [6.45, 7) is 3.04. The molecule has 59 heavy (non-hydrogen) atoms. The maximum Gasteiger partial charge on any atom is 0.306 e. The van der Waals surface area contributed by atoms with Gasteiger partial charge in [0.05, 0.1) is 13.2 Å². The molecule has 0 saturated carbocycles. The highest BCUT2D eigenvalue weighted by molar-refractivity contribution is 5.70. The summed E-state index contributed by atoms with van der Waals surface area (Å²) in [7, 11) is 0. The third-order valence-electron chi connectivity index (χ3n) is 8.84. The average molecular weight is 823 g/mol. The van der Waals surface area contributed by atoms with Crippen LogP contribution >= 0.6 is 0 Å². The maximum absolute atomic E-state index is 12.7. The number of allylic oxidation sites excluding steroid dienone is 20. The van der Waals surface area contributed by atoms with Gasteiger partial charge >= 0.3 is 11.9 Å². The van der Waals surface area contributed by atoms with Crippen molar-refractivity contribution >= 4 is 11.9 Å². The number of unbranched alkanes of at least 4 members (excludes halogenated alkanes) is 2. The molecule has 1 fully saturated rings. The summed E-state index contributed by atoms with van der Waals surface area (Å²) >= 11 is 0. The first-order valence-corrected chi connectivity index (χ1v) is 21.6. The summed E-state index contributed by atoms with van der Waals surface area (Å²) in [5.74, 6) is -0.959. The molecule has 0 aliphatic carbocycles. The molecule has 330 valence electrons. The first kappa shape index (κ1) is 53.1. The Kier molecular flexibility index (Phi) is 34.5. The first-order valence-electron chi connectivity index (χ1n) is 21.6. The second kappa shape index (κ2) is 38.3. The molecule has 10 heteroatoms. The maximum atomic E-state index is 12.7. The van der Waals surface area contributed by atoms with Crippen molar-refractivity contribution in [2.45, 2.75) is 153 Å². The number of aliphatic hydroxyl groups is 4. The summed E-state index contributed by atoms with van der Waals surface area (Å²) in [5, 5.41) is 40.0. The summed E-state index contributed by atoms with van der Waals surface area (Å²) in [4.78, 5) is 25.3. The predicted molar refractivity (Wildman–Crippen MR) is 237 cm³/mol. The molecule has 1 heterocycles. The molecular formula is C49H74O10. The Morgan fingerprint density at radius 3 is 1.32 bits per heavy atom. The van der Waals surface area contributed by atoms with Crippen molar-refractivity contribution in [3.05, 3.63) is 122 Å². The monoisotopic (exact) mass is 823 g/mol. The van der Waals surface area contributed by atoms with Gasteiger partial charge in [-0.15, -0.1) is 0 Å². The molecule has 6 atom stereocenters. The predicted octanol–water partition coefficient (Wildman–Crippen LogP) is 9.10. The number of esters is 2. The van der Waals surface area contributed by atoms with Gasteiger partial charge in [0, 0.05) is 12.8 Å². The van der Waals surface area contributed by atoms with E-state index in [2.05, 4.69) is 123 Å². The van der Waals surface area contributed by atoms with Crippen LogP contribution in [-0.4, -0.2) is 89.0 Å². The lowest BCUT2D eigenvalue weighted by Crippen LogP contribution is -2.59. The van der Waals surface area contributed by atoms with Crippen LogP contribution in [0.3, 0.4) is 0 Å². The van der Waals surface area contributed by atoms with E-state index in [4.69, 9.17) is 18.9 Å². The lowest BCUT2D eigenvalue weighted by atomic mass is 9.99. The highest BCUT2D eigenvalue weighted by Crippen LogP contribution is 2.22. The van der Waals surface area contributed by atoms with E-state index in [1.165, 1.54) is 0 Å². The van der Waals surface area contributed by atoms with Gasteiger partial charge in [0.2, 0.25) is 0 Å². The average Bonchev–Trinajstić information content (AvgIpc) is 3.23. The van der Waals surface area contributed by atoms with Crippen LogP contribution < -0.4 is 0 Å². The van der Waals surface area contributed by atoms with Crippen molar-refractivity contribution in [2.75, 3.05) is 19.8 Å². The lowest BCUT2D eigenvalue weighted by molar-refractivity contribution is -0.305. The van der Waals surface area contributed by atoms with E-state index >= 15 is 0 Å². The molecule has 0 spiro atoms. The SMILES string of the molecule is CCC=CCC=CCC=CCC=CCC=CCCCC(=O)OC[C@H](CO[C@@H]1O[C@H](CO)[C@H](O)[C@H](O)[C@H]1O)OC(=O)CCCC=CCC=CCC=CCC=CCC=CCC. The fourth-order valence-electron chi connectivity index (χ4n) is 5.49. The lowest BCUT2D eigenvalue weighted by Gasteiger charge is -2.39. The second-order valence-corrected chi connectivity index (χ2v) is 14.0. The number of hydrogen-bond acceptors (Lipinski definition) is 10. The van der Waals surface area contributed by atoms with Crippen molar-refractivity contribution < 1.29 is 49.0 Å². The van der Waals surface area contributed by atoms with Crippen molar-refractivity contribution in [2.24, 2.45) is 0 Å². The fourth-order valence-corrected chi connectivity index (χ4v) is 5.49. The van der Waals surface area contributed by atoms with E-state index in [-0.39, 0.29) is 26.1 Å². The Labute approximate surface area is 354 Å². The highest BCUT2D eigenvalue weighted by atomic mass is 16.7. The molecule has 4 N–H and O–H groups in total. The molecule has 10 nitrogen and oxygen atoms in total. The van der Waals surface area contributed by atoms with Gasteiger partial charge in [-0.1, -0.05) is 135 Å². The van der Waals surface area contributed by atoms with E-state index in [1.54, 1.807) is 0 Å². The molecule has 0 aromatic heterocycles. The largest absolute Gasteiger partial charge is 0.462 e. The standard InChI is InChI=1S/C49H74O10/c1-3-5-7-9-11-13-15-17-19-21-23-25-27-29-31-33-35-37-44(51)56-40-42(41-57-49-48(55)47(54)46(53)43(39-50)59-49)58-45(52)38-36-34-32-30-28-26-24-22-20-18-16-14-12-10-8-6-4-2/h5-8,11-14,17-20,23-26,29-32,42-43,46-50,53-55H,3-4,9-10,15-16,21-22,27-28,33-41H2,1-2H3/t42-,43-,46+,47+,48-,49-/m1/s1. The molecule has 1 saturated heterocycles. The zero-order valence-corrected chi connectivity index (χ0v) is 35.7. The summed E-state index contributed by atoms with van der Waals surface area (Å²) in [6.07, 6.45) is 46.4. The van der Waals surface area contributed by atoms with Crippen LogP contribution in [0.15, 0.2) is 122 Å². The van der Waals surface area contributed by atoms with Gasteiger partial charge in [-0.3, -0.25) is 9.59 Å². The minimum Gasteiger partial charge on any atom is -0.462 e. The minimum atomic E-state index is -1.62. The van der Waals surface area contributed by atoms with Gasteiger partial charge in [-0.25, -0.2) is 0 Å². The van der Waals surface area contributed by atoms with Gasteiger partial charge in [-0.05, 0) is 89.9 Å². The van der Waals surface area contributed by atoms with Gasteiger partial charge < -0.3 is 39.4 Å². The van der Waals surface area contributed by atoms with E-state index in [0.29, 0.717) is 25.7 Å². The van der Waals surface area contributed by atoms with Crippen LogP contribution in [-0.2, 0) is 28.5 Å². The highest BCUT2D eigenvalue weighted by Gasteiger charge is 2.44. The van der Waals surface area contributed by atoms with E-state index < -0.39 is 55.4 Å².